The number of benzene rings is 1. The Labute approximate surface area is 167 Å². The zero-order valence-electron chi connectivity index (χ0n) is 15.4. The van der Waals surface area contributed by atoms with Gasteiger partial charge in [0.1, 0.15) is 23.1 Å². The fourth-order valence-corrected chi connectivity index (χ4v) is 3.67. The third-order valence-electron chi connectivity index (χ3n) is 4.56. The van der Waals surface area contributed by atoms with Crippen LogP contribution in [0, 0.1) is 5.92 Å². The average molecular weight is 398 g/mol. The number of thiazole rings is 1. The highest BCUT2D eigenvalue weighted by atomic mass is 32.1. The van der Waals surface area contributed by atoms with Crippen molar-refractivity contribution >= 4 is 17.2 Å². The molecule has 1 aromatic carbocycles. The molecule has 0 aliphatic heterocycles. The molecule has 6 nitrogen and oxygen atoms in total. The van der Waals surface area contributed by atoms with Crippen molar-refractivity contribution in [3.8, 4) is 5.75 Å². The van der Waals surface area contributed by atoms with Crippen LogP contribution >= 0.6 is 11.3 Å². The summed E-state index contributed by atoms with van der Waals surface area (Å²) in [5.41, 5.74) is 1.66. The van der Waals surface area contributed by atoms with E-state index in [0.29, 0.717) is 25.4 Å². The van der Waals surface area contributed by atoms with Crippen LogP contribution in [0.1, 0.15) is 34.9 Å². The number of furan rings is 1. The number of aliphatic hydroxyl groups is 1. The summed E-state index contributed by atoms with van der Waals surface area (Å²) in [7, 11) is 0. The summed E-state index contributed by atoms with van der Waals surface area (Å²) in [6.07, 6.45) is 3.57. The van der Waals surface area contributed by atoms with Gasteiger partial charge in [-0.05, 0) is 42.7 Å². The van der Waals surface area contributed by atoms with Gasteiger partial charge in [-0.2, -0.15) is 0 Å². The van der Waals surface area contributed by atoms with Gasteiger partial charge in [0.15, 0.2) is 0 Å². The molecule has 1 amide bonds. The van der Waals surface area contributed by atoms with Gasteiger partial charge in [0.25, 0.3) is 0 Å². The van der Waals surface area contributed by atoms with Crippen molar-refractivity contribution < 1.29 is 19.1 Å². The summed E-state index contributed by atoms with van der Waals surface area (Å²) in [6, 6.07) is 11.5. The quantitative estimate of drug-likeness (QED) is 0.594. The highest BCUT2D eigenvalue weighted by Crippen LogP contribution is 2.32. The largest absolute Gasteiger partial charge is 0.486 e. The topological polar surface area (TPSA) is 75.8 Å². The van der Waals surface area contributed by atoms with Gasteiger partial charge in [0, 0.05) is 17.8 Å². The summed E-state index contributed by atoms with van der Waals surface area (Å²) in [6.45, 7) is 1.27. The van der Waals surface area contributed by atoms with Crippen molar-refractivity contribution in [2.24, 2.45) is 5.92 Å². The van der Waals surface area contributed by atoms with Crippen molar-refractivity contribution in [2.45, 2.75) is 39.1 Å². The molecule has 2 aromatic heterocycles. The van der Waals surface area contributed by atoms with Gasteiger partial charge in [-0.3, -0.25) is 4.79 Å². The number of aromatic nitrogens is 1. The van der Waals surface area contributed by atoms with Crippen LogP contribution in [0.2, 0.25) is 0 Å². The van der Waals surface area contributed by atoms with Crippen LogP contribution in [0.3, 0.4) is 0 Å². The molecule has 1 saturated carbocycles. The molecule has 7 heteroatoms. The summed E-state index contributed by atoms with van der Waals surface area (Å²) in [5.74, 6) is 1.85. The molecule has 0 saturated heterocycles. The van der Waals surface area contributed by atoms with Crippen LogP contribution in [-0.2, 0) is 31.1 Å². The second-order valence-corrected chi connectivity index (χ2v) is 7.82. The van der Waals surface area contributed by atoms with Crippen LogP contribution in [0.4, 0.5) is 0 Å². The number of hydrogen-bond acceptors (Lipinski definition) is 6. The van der Waals surface area contributed by atoms with Crippen molar-refractivity contribution in [2.75, 3.05) is 0 Å². The zero-order valence-corrected chi connectivity index (χ0v) is 16.2. The summed E-state index contributed by atoms with van der Waals surface area (Å²) in [5, 5.41) is 11.7. The van der Waals surface area contributed by atoms with Gasteiger partial charge in [-0.1, -0.05) is 12.1 Å². The minimum Gasteiger partial charge on any atom is -0.486 e. The summed E-state index contributed by atoms with van der Waals surface area (Å²) in [4.78, 5) is 18.8. The molecule has 1 aliphatic rings. The number of aliphatic hydroxyl groups excluding tert-OH is 1. The molecule has 0 unspecified atom stereocenters. The Morgan fingerprint density at radius 2 is 2.18 bits per heavy atom. The van der Waals surface area contributed by atoms with Crippen LogP contribution in [0.5, 0.6) is 5.75 Å². The van der Waals surface area contributed by atoms with Crippen LogP contribution < -0.4 is 4.74 Å². The van der Waals surface area contributed by atoms with Gasteiger partial charge in [0.05, 0.1) is 25.1 Å². The number of hydrogen-bond donors (Lipinski definition) is 1. The monoisotopic (exact) mass is 398 g/mol. The van der Waals surface area contributed by atoms with E-state index < -0.39 is 0 Å². The van der Waals surface area contributed by atoms with Crippen LogP contribution in [-0.4, -0.2) is 20.9 Å². The molecule has 0 atom stereocenters. The number of carbonyl (C=O) groups is 1. The highest BCUT2D eigenvalue weighted by molar-refractivity contribution is 7.09. The lowest BCUT2D eigenvalue weighted by Gasteiger charge is -2.22. The Morgan fingerprint density at radius 3 is 2.89 bits per heavy atom. The fraction of sp³-hybridized carbons (Fsp3) is 0.333. The molecule has 28 heavy (non-hydrogen) atoms. The van der Waals surface area contributed by atoms with Gasteiger partial charge in [-0.15, -0.1) is 11.3 Å². The third-order valence-corrected chi connectivity index (χ3v) is 5.43. The van der Waals surface area contributed by atoms with E-state index in [0.717, 1.165) is 34.9 Å². The molecule has 146 valence electrons. The van der Waals surface area contributed by atoms with Gasteiger partial charge in [0.2, 0.25) is 5.91 Å². The molecule has 1 aliphatic carbocycles. The molecule has 0 spiro atoms. The SMILES string of the molecule is O=C(C1CC1)N(Cc1cccc(OCc2nc(CO)cs2)c1)Cc1ccco1. The van der Waals surface area contributed by atoms with E-state index in [-0.39, 0.29) is 18.4 Å². The summed E-state index contributed by atoms with van der Waals surface area (Å²) < 4.78 is 11.3. The van der Waals surface area contributed by atoms with E-state index in [4.69, 9.17) is 14.3 Å². The van der Waals surface area contributed by atoms with Crippen LogP contribution in [0.15, 0.2) is 52.5 Å². The van der Waals surface area contributed by atoms with E-state index in [1.165, 1.54) is 11.3 Å². The first kappa shape index (κ1) is 18.7. The van der Waals surface area contributed by atoms with Crippen LogP contribution in [0.25, 0.3) is 0 Å². The molecule has 4 rings (SSSR count). The lowest BCUT2D eigenvalue weighted by atomic mass is 10.2. The number of amides is 1. The Bertz CT molecular complexity index is 918. The maximum absolute atomic E-state index is 12.7. The van der Waals surface area contributed by atoms with Crippen molar-refractivity contribution in [1.29, 1.82) is 0 Å². The minimum absolute atomic E-state index is 0.0630. The van der Waals surface area contributed by atoms with Gasteiger partial charge in [-0.25, -0.2) is 4.98 Å². The number of ether oxygens (including phenoxy) is 1. The Morgan fingerprint density at radius 1 is 1.29 bits per heavy atom. The first-order valence-corrected chi connectivity index (χ1v) is 10.2. The number of rotatable bonds is 9. The van der Waals surface area contributed by atoms with E-state index in [2.05, 4.69) is 4.98 Å². The Hall–Kier alpha value is -2.64. The lowest BCUT2D eigenvalue weighted by Crippen LogP contribution is -2.31. The van der Waals surface area contributed by atoms with Crippen molar-refractivity contribution in [3.05, 3.63) is 70.1 Å². The molecule has 3 aromatic rings. The molecule has 1 N–H and O–H groups in total. The van der Waals surface area contributed by atoms with Crippen molar-refractivity contribution in [1.82, 2.24) is 9.88 Å². The first-order chi connectivity index (χ1) is 13.7. The smallest absolute Gasteiger partial charge is 0.226 e. The number of carbonyl (C=O) groups excluding carboxylic acids is 1. The lowest BCUT2D eigenvalue weighted by molar-refractivity contribution is -0.134. The van der Waals surface area contributed by atoms with Crippen molar-refractivity contribution in [3.63, 3.8) is 0 Å². The third kappa shape index (κ3) is 4.79. The van der Waals surface area contributed by atoms with Gasteiger partial charge < -0.3 is 19.2 Å². The Kier molecular flexibility index (Phi) is 5.73. The minimum atomic E-state index is -0.0630. The fourth-order valence-electron chi connectivity index (χ4n) is 2.98. The maximum atomic E-state index is 12.7. The maximum Gasteiger partial charge on any atom is 0.226 e. The molecule has 0 radical (unpaired) electrons. The standard InChI is InChI=1S/C21H22N2O4S/c24-12-17-14-28-20(22-17)13-27-18-4-1-3-15(9-18)10-23(21(25)16-6-7-16)11-19-5-2-8-26-19/h1-5,8-9,14,16,24H,6-7,10-13H2. The predicted molar refractivity (Wildman–Crippen MR) is 104 cm³/mol. The zero-order chi connectivity index (χ0) is 19.3. The van der Waals surface area contributed by atoms with E-state index >= 15 is 0 Å². The summed E-state index contributed by atoms with van der Waals surface area (Å²) >= 11 is 1.46. The van der Waals surface area contributed by atoms with E-state index in [9.17, 15) is 4.79 Å². The number of nitrogens with zero attached hydrogens (tertiary/aromatic N) is 2. The molecule has 2 heterocycles. The molecular formula is C21H22N2O4S. The Balaban J connectivity index is 1.41. The molecule has 0 bridgehead atoms. The van der Waals surface area contributed by atoms with E-state index in [1.807, 2.05) is 46.7 Å². The highest BCUT2D eigenvalue weighted by Gasteiger charge is 2.33. The van der Waals surface area contributed by atoms with E-state index in [1.54, 1.807) is 6.26 Å². The average Bonchev–Trinajstić information content (AvgIpc) is 3.24. The van der Waals surface area contributed by atoms with Gasteiger partial charge >= 0.3 is 0 Å². The first-order valence-electron chi connectivity index (χ1n) is 9.28. The second kappa shape index (κ2) is 8.58. The molecular weight excluding hydrogens is 376 g/mol. The second-order valence-electron chi connectivity index (χ2n) is 6.87. The normalized spacial score (nSPS) is 13.5. The predicted octanol–water partition coefficient (Wildman–Crippen LogP) is 3.75. The molecule has 1 fully saturated rings.